The number of methoxy groups -OCH3 is 3. The predicted octanol–water partition coefficient (Wildman–Crippen LogP) is 6.42. The van der Waals surface area contributed by atoms with Crippen LogP contribution in [-0.4, -0.2) is 57.4 Å². The highest BCUT2D eigenvalue weighted by molar-refractivity contribution is 6.30. The van der Waals surface area contributed by atoms with Gasteiger partial charge in [-0.05, 0) is 48.0 Å². The molecule has 2 aromatic carbocycles. The van der Waals surface area contributed by atoms with E-state index in [2.05, 4.69) is 11.6 Å². The van der Waals surface area contributed by atoms with Crippen molar-refractivity contribution in [2.75, 3.05) is 39.4 Å². The third-order valence-corrected chi connectivity index (χ3v) is 5.96. The fraction of sp³-hybridized carbons (Fsp3) is 0.250. The molecule has 0 unspecified atom stereocenters. The predicted molar refractivity (Wildman–Crippen MR) is 143 cm³/mol. The Hall–Kier alpha value is -4.00. The van der Waals surface area contributed by atoms with E-state index in [4.69, 9.17) is 30.5 Å². The minimum Gasteiger partial charge on any atom is -0.465 e. The van der Waals surface area contributed by atoms with Gasteiger partial charge in [0.1, 0.15) is 17.1 Å². The van der Waals surface area contributed by atoms with Gasteiger partial charge in [0, 0.05) is 25.4 Å². The fourth-order valence-corrected chi connectivity index (χ4v) is 4.04. The number of carbonyl (C=O) groups excluding carboxylic acids is 2. The molecule has 1 amide bonds. The Bertz CT molecular complexity index is 1430. The van der Waals surface area contributed by atoms with Crippen molar-refractivity contribution in [2.24, 2.45) is 0 Å². The van der Waals surface area contributed by atoms with Crippen molar-refractivity contribution in [1.82, 2.24) is 4.98 Å². The lowest BCUT2D eigenvalue weighted by Crippen LogP contribution is -2.46. The number of alkyl halides is 3. The van der Waals surface area contributed by atoms with Gasteiger partial charge in [-0.1, -0.05) is 24.3 Å². The van der Waals surface area contributed by atoms with Crippen LogP contribution in [0.15, 0.2) is 55.2 Å². The van der Waals surface area contributed by atoms with E-state index < -0.39 is 41.4 Å². The van der Waals surface area contributed by atoms with Crippen molar-refractivity contribution in [1.29, 1.82) is 0 Å². The van der Waals surface area contributed by atoms with Crippen molar-refractivity contribution in [3.63, 3.8) is 0 Å². The number of nitrogens with zero attached hydrogens (tertiary/aromatic N) is 2. The number of pyridine rings is 1. The maximum Gasteiger partial charge on any atom is 0.421 e. The number of ether oxygens (including phenoxy) is 4. The lowest BCUT2D eigenvalue weighted by atomic mass is 10.1. The molecule has 1 aromatic heterocycles. The Kier molecular flexibility index (Phi) is 10.4. The number of aromatic nitrogens is 1. The molecule has 3 rings (SSSR count). The molecule has 0 aliphatic carbocycles. The number of esters is 1. The van der Waals surface area contributed by atoms with Gasteiger partial charge in [0.2, 0.25) is 5.88 Å². The van der Waals surface area contributed by atoms with Gasteiger partial charge < -0.3 is 18.9 Å². The van der Waals surface area contributed by atoms with Gasteiger partial charge >= 0.3 is 12.1 Å². The van der Waals surface area contributed by atoms with Crippen LogP contribution in [0.1, 0.15) is 31.8 Å². The molecule has 0 aliphatic heterocycles. The van der Waals surface area contributed by atoms with Crippen LogP contribution in [-0.2, 0) is 20.4 Å². The average Bonchev–Trinajstić information content (AvgIpc) is 2.93. The fourth-order valence-electron chi connectivity index (χ4n) is 3.88. The van der Waals surface area contributed by atoms with Crippen LogP contribution in [0.2, 0.25) is 5.02 Å². The number of hydrogen-bond donors (Lipinski definition) is 0. The minimum atomic E-state index is -4.81. The first-order valence-electron chi connectivity index (χ1n) is 11.8. The van der Waals surface area contributed by atoms with Gasteiger partial charge in [0.25, 0.3) is 5.91 Å². The third-order valence-electron chi connectivity index (χ3n) is 5.72. The Morgan fingerprint density at radius 2 is 1.73 bits per heavy atom. The molecule has 0 bridgehead atoms. The topological polar surface area (TPSA) is 87.2 Å². The van der Waals surface area contributed by atoms with Gasteiger partial charge in [-0.3, -0.25) is 9.69 Å². The van der Waals surface area contributed by atoms with Crippen LogP contribution in [0, 0.1) is 5.82 Å². The molecule has 41 heavy (non-hydrogen) atoms. The summed E-state index contributed by atoms with van der Waals surface area (Å²) in [7, 11) is 3.81. The molecule has 3 aromatic rings. The number of halogens is 5. The molecule has 0 fully saturated rings. The zero-order valence-corrected chi connectivity index (χ0v) is 22.9. The molecule has 0 saturated heterocycles. The number of rotatable bonds is 11. The maximum atomic E-state index is 14.8. The van der Waals surface area contributed by atoms with E-state index in [-0.39, 0.29) is 46.4 Å². The number of amides is 1. The first-order valence-corrected chi connectivity index (χ1v) is 12.2. The molecule has 0 saturated carbocycles. The Labute approximate surface area is 238 Å². The molecule has 0 spiro atoms. The number of benzene rings is 2. The molecular weight excluding hydrogens is 572 g/mol. The summed E-state index contributed by atoms with van der Waals surface area (Å²) in [6, 6.07) is 6.93. The first kappa shape index (κ1) is 31.5. The van der Waals surface area contributed by atoms with E-state index in [0.29, 0.717) is 0 Å². The minimum absolute atomic E-state index is 0.0562. The summed E-state index contributed by atoms with van der Waals surface area (Å²) in [4.78, 5) is 31.4. The summed E-state index contributed by atoms with van der Waals surface area (Å²) in [6.07, 6.45) is -2.48. The van der Waals surface area contributed by atoms with Gasteiger partial charge in [-0.15, -0.1) is 0 Å². The lowest BCUT2D eigenvalue weighted by Gasteiger charge is -2.32. The van der Waals surface area contributed by atoms with Gasteiger partial charge in [-0.2, -0.15) is 13.2 Å². The second-order valence-electron chi connectivity index (χ2n) is 8.46. The third kappa shape index (κ3) is 7.40. The highest BCUT2D eigenvalue weighted by Crippen LogP contribution is 2.39. The van der Waals surface area contributed by atoms with Gasteiger partial charge in [-0.25, -0.2) is 14.2 Å². The average molecular weight is 597 g/mol. The smallest absolute Gasteiger partial charge is 0.421 e. The molecule has 13 heteroatoms. The van der Waals surface area contributed by atoms with Crippen molar-refractivity contribution >= 4 is 35.2 Å². The van der Waals surface area contributed by atoms with E-state index in [1.54, 1.807) is 0 Å². The van der Waals surface area contributed by atoms with Crippen LogP contribution in [0.3, 0.4) is 0 Å². The zero-order chi connectivity index (χ0) is 30.3. The molecular formula is C28H25ClF4N2O6. The van der Waals surface area contributed by atoms with Crippen LogP contribution in [0.4, 0.5) is 23.2 Å². The standard InChI is InChI=1S/C28H25ClF4N2O6/c1-5-16-10-22(28(31,32)33)25(34-13-16)41-19-7-9-24(21(12-19)27(37)40-4)35(18(14-38-2)15-39-3)26(36)20-8-6-17(29)11-23(20)30/h5-13,18H,1,14-15H2,2-4H3. The van der Waals surface area contributed by atoms with Crippen LogP contribution in [0.25, 0.3) is 6.08 Å². The second kappa shape index (κ2) is 13.6. The number of anilines is 1. The molecule has 1 heterocycles. The van der Waals surface area contributed by atoms with Crippen molar-refractivity contribution in [2.45, 2.75) is 12.2 Å². The lowest BCUT2D eigenvalue weighted by molar-refractivity contribution is -0.138. The summed E-state index contributed by atoms with van der Waals surface area (Å²) in [5.74, 6) is -3.76. The van der Waals surface area contributed by atoms with Crippen LogP contribution < -0.4 is 9.64 Å². The number of carbonyl (C=O) groups is 2. The van der Waals surface area contributed by atoms with Gasteiger partial charge in [0.15, 0.2) is 0 Å². The van der Waals surface area contributed by atoms with Crippen molar-refractivity contribution in [3.05, 3.63) is 88.3 Å². The van der Waals surface area contributed by atoms with E-state index >= 15 is 0 Å². The molecule has 8 nitrogen and oxygen atoms in total. The SMILES string of the molecule is C=Cc1cnc(Oc2ccc(N(C(=O)c3ccc(Cl)cc3F)C(COC)COC)c(C(=O)OC)c2)c(C(F)(F)F)c1. The second-order valence-corrected chi connectivity index (χ2v) is 8.90. The summed E-state index contributed by atoms with van der Waals surface area (Å²) >= 11 is 5.85. The number of hydrogen-bond acceptors (Lipinski definition) is 7. The first-order chi connectivity index (χ1) is 19.4. The van der Waals surface area contributed by atoms with E-state index in [9.17, 15) is 27.2 Å². The highest BCUT2D eigenvalue weighted by atomic mass is 35.5. The normalized spacial score (nSPS) is 11.3. The van der Waals surface area contributed by atoms with E-state index in [1.165, 1.54) is 44.6 Å². The molecule has 218 valence electrons. The molecule has 0 radical (unpaired) electrons. The Balaban J connectivity index is 2.18. The maximum absolute atomic E-state index is 14.8. The zero-order valence-electron chi connectivity index (χ0n) is 22.1. The molecule has 0 aliphatic rings. The van der Waals surface area contributed by atoms with Crippen LogP contribution in [0.5, 0.6) is 11.6 Å². The van der Waals surface area contributed by atoms with E-state index in [0.717, 1.165) is 36.4 Å². The Morgan fingerprint density at radius 3 is 2.29 bits per heavy atom. The largest absolute Gasteiger partial charge is 0.465 e. The van der Waals surface area contributed by atoms with Crippen LogP contribution >= 0.6 is 11.6 Å². The summed E-state index contributed by atoms with van der Waals surface area (Å²) < 4.78 is 76.7. The monoisotopic (exact) mass is 596 g/mol. The van der Waals surface area contributed by atoms with Crippen molar-refractivity contribution < 1.29 is 46.1 Å². The van der Waals surface area contributed by atoms with Gasteiger partial charge in [0.05, 0.1) is 43.2 Å². The molecule has 0 N–H and O–H groups in total. The Morgan fingerprint density at radius 1 is 1.05 bits per heavy atom. The van der Waals surface area contributed by atoms with E-state index in [1.807, 2.05) is 0 Å². The van der Waals surface area contributed by atoms with Crippen molar-refractivity contribution in [3.8, 4) is 11.6 Å². The summed E-state index contributed by atoms with van der Waals surface area (Å²) in [5, 5.41) is 0.0562. The molecule has 0 atom stereocenters. The quantitative estimate of drug-likeness (QED) is 0.186. The summed E-state index contributed by atoms with van der Waals surface area (Å²) in [5.41, 5.74) is -1.78. The summed E-state index contributed by atoms with van der Waals surface area (Å²) in [6.45, 7) is 3.25. The highest BCUT2D eigenvalue weighted by Gasteiger charge is 2.36.